The fourth-order valence-corrected chi connectivity index (χ4v) is 1.28. The Kier molecular flexibility index (Phi) is 2.89. The molecule has 1 aromatic heterocycles. The minimum Gasteiger partial charge on any atom is -0.477 e. The fraction of sp³-hybridized carbons (Fsp3) is 0.600. The van der Waals surface area contributed by atoms with Crippen LogP contribution in [-0.4, -0.2) is 23.1 Å². The average Bonchev–Trinajstić information content (AvgIpc) is 2.98. The maximum absolute atomic E-state index is 5.57. The summed E-state index contributed by atoms with van der Waals surface area (Å²) in [5, 5.41) is 3.08. The monoisotopic (exact) mass is 208 g/mol. The number of aromatic nitrogens is 2. The lowest BCUT2D eigenvalue weighted by Gasteiger charge is -2.07. The Balaban J connectivity index is 2.00. The molecule has 2 rings (SSSR count). The molecule has 1 aliphatic carbocycles. The van der Waals surface area contributed by atoms with Crippen molar-refractivity contribution in [1.29, 1.82) is 0 Å². The maximum atomic E-state index is 5.57. The van der Waals surface area contributed by atoms with Crippen LogP contribution in [0.3, 0.4) is 0 Å². The quantitative estimate of drug-likeness (QED) is 0.762. The second-order valence-electron chi connectivity index (χ2n) is 3.73. The van der Waals surface area contributed by atoms with Gasteiger partial charge in [-0.2, -0.15) is 9.97 Å². The number of nitrogens with two attached hydrogens (primary N) is 1. The Morgan fingerprint density at radius 1 is 1.53 bits per heavy atom. The van der Waals surface area contributed by atoms with Crippen molar-refractivity contribution in [1.82, 2.24) is 9.97 Å². The molecule has 0 amide bonds. The number of nitrogens with zero attached hydrogens (tertiary/aromatic N) is 2. The largest absolute Gasteiger partial charge is 0.477 e. The Morgan fingerprint density at radius 3 is 3.00 bits per heavy atom. The van der Waals surface area contributed by atoms with E-state index in [0.29, 0.717) is 11.8 Å². The Labute approximate surface area is 89.1 Å². The lowest BCUT2D eigenvalue weighted by atomic mass is 10.4. The third kappa shape index (κ3) is 2.97. The Bertz CT molecular complexity index is 338. The van der Waals surface area contributed by atoms with Crippen LogP contribution >= 0.6 is 0 Å². The number of hydrogen-bond acceptors (Lipinski definition) is 5. The standard InChI is InChI=1S/C10H16N4O/c1-2-12-8-5-9(14-10(11)13-8)15-6-7-3-4-7/h5,7H,2-4,6H2,1H3,(H3,11,12,13,14). The first-order valence-electron chi connectivity index (χ1n) is 5.29. The molecule has 5 nitrogen and oxygen atoms in total. The van der Waals surface area contributed by atoms with Gasteiger partial charge < -0.3 is 15.8 Å². The van der Waals surface area contributed by atoms with Crippen molar-refractivity contribution in [2.24, 2.45) is 5.92 Å². The summed E-state index contributed by atoms with van der Waals surface area (Å²) in [5.74, 6) is 2.24. The summed E-state index contributed by atoms with van der Waals surface area (Å²) < 4.78 is 5.53. The Morgan fingerprint density at radius 2 is 2.33 bits per heavy atom. The normalized spacial score (nSPS) is 15.0. The van der Waals surface area contributed by atoms with Crippen molar-refractivity contribution in [3.8, 4) is 5.88 Å². The lowest BCUT2D eigenvalue weighted by Crippen LogP contribution is -2.07. The second kappa shape index (κ2) is 4.33. The van der Waals surface area contributed by atoms with E-state index in [9.17, 15) is 0 Å². The van der Waals surface area contributed by atoms with Crippen molar-refractivity contribution in [3.05, 3.63) is 6.07 Å². The van der Waals surface area contributed by atoms with E-state index in [1.807, 2.05) is 6.92 Å². The molecule has 82 valence electrons. The number of ether oxygens (including phenoxy) is 1. The van der Waals surface area contributed by atoms with Crippen LogP contribution in [0.5, 0.6) is 5.88 Å². The molecular formula is C10H16N4O. The third-order valence-electron chi connectivity index (χ3n) is 2.24. The zero-order valence-corrected chi connectivity index (χ0v) is 8.86. The third-order valence-corrected chi connectivity index (χ3v) is 2.24. The molecule has 15 heavy (non-hydrogen) atoms. The van der Waals surface area contributed by atoms with Gasteiger partial charge in [-0.25, -0.2) is 0 Å². The van der Waals surface area contributed by atoms with Crippen molar-refractivity contribution < 1.29 is 4.74 Å². The molecule has 0 unspecified atom stereocenters. The van der Waals surface area contributed by atoms with Crippen molar-refractivity contribution >= 4 is 11.8 Å². The topological polar surface area (TPSA) is 73.1 Å². The average molecular weight is 208 g/mol. The molecule has 0 aliphatic heterocycles. The molecule has 0 saturated heterocycles. The van der Waals surface area contributed by atoms with Crippen LogP contribution in [0, 0.1) is 5.92 Å². The maximum Gasteiger partial charge on any atom is 0.225 e. The molecule has 1 saturated carbocycles. The van der Waals surface area contributed by atoms with Crippen molar-refractivity contribution in [2.75, 3.05) is 24.2 Å². The first kappa shape index (κ1) is 10.0. The summed E-state index contributed by atoms with van der Waals surface area (Å²) in [4.78, 5) is 8.06. The molecule has 0 spiro atoms. The number of nitrogen functional groups attached to an aromatic ring is 1. The summed E-state index contributed by atoms with van der Waals surface area (Å²) in [5.41, 5.74) is 5.57. The molecule has 5 heteroatoms. The van der Waals surface area contributed by atoms with Gasteiger partial charge in [0.1, 0.15) is 5.82 Å². The molecule has 1 aliphatic rings. The van der Waals surface area contributed by atoms with Gasteiger partial charge in [0, 0.05) is 12.6 Å². The molecule has 1 heterocycles. The number of rotatable bonds is 5. The summed E-state index contributed by atoms with van der Waals surface area (Å²) in [6.07, 6.45) is 2.53. The predicted octanol–water partition coefficient (Wildman–Crippen LogP) is 1.28. The van der Waals surface area contributed by atoms with Gasteiger partial charge in [0.2, 0.25) is 11.8 Å². The van der Waals surface area contributed by atoms with Crippen LogP contribution in [0.15, 0.2) is 6.07 Å². The highest BCUT2D eigenvalue weighted by atomic mass is 16.5. The number of nitrogens with one attached hydrogen (secondary N) is 1. The first-order chi connectivity index (χ1) is 7.28. The van der Waals surface area contributed by atoms with E-state index in [1.165, 1.54) is 12.8 Å². The number of anilines is 2. The van der Waals surface area contributed by atoms with Gasteiger partial charge in [-0.3, -0.25) is 0 Å². The van der Waals surface area contributed by atoms with Gasteiger partial charge in [-0.05, 0) is 25.7 Å². The minimum atomic E-state index is 0.249. The van der Waals surface area contributed by atoms with E-state index < -0.39 is 0 Å². The van der Waals surface area contributed by atoms with E-state index in [-0.39, 0.29) is 5.95 Å². The van der Waals surface area contributed by atoms with Crippen molar-refractivity contribution in [2.45, 2.75) is 19.8 Å². The highest BCUT2D eigenvalue weighted by molar-refractivity contribution is 5.42. The highest BCUT2D eigenvalue weighted by Gasteiger charge is 2.22. The molecule has 0 radical (unpaired) electrons. The molecule has 0 atom stereocenters. The van der Waals surface area contributed by atoms with Gasteiger partial charge in [0.25, 0.3) is 0 Å². The van der Waals surface area contributed by atoms with Gasteiger partial charge >= 0.3 is 0 Å². The van der Waals surface area contributed by atoms with Crippen molar-refractivity contribution in [3.63, 3.8) is 0 Å². The van der Waals surface area contributed by atoms with Crippen LogP contribution in [-0.2, 0) is 0 Å². The SMILES string of the molecule is CCNc1cc(OCC2CC2)nc(N)n1. The fourth-order valence-electron chi connectivity index (χ4n) is 1.28. The minimum absolute atomic E-state index is 0.249. The summed E-state index contributed by atoms with van der Waals surface area (Å²) >= 11 is 0. The summed E-state index contributed by atoms with van der Waals surface area (Å²) in [7, 11) is 0. The van der Waals surface area contributed by atoms with Crippen LogP contribution in [0.25, 0.3) is 0 Å². The lowest BCUT2D eigenvalue weighted by molar-refractivity contribution is 0.288. The summed E-state index contributed by atoms with van der Waals surface area (Å²) in [6.45, 7) is 3.55. The predicted molar refractivity (Wildman–Crippen MR) is 58.8 cm³/mol. The molecular weight excluding hydrogens is 192 g/mol. The first-order valence-corrected chi connectivity index (χ1v) is 5.29. The highest BCUT2D eigenvalue weighted by Crippen LogP contribution is 2.29. The van der Waals surface area contributed by atoms with E-state index in [0.717, 1.165) is 19.0 Å². The van der Waals surface area contributed by atoms with Crippen LogP contribution in [0.2, 0.25) is 0 Å². The van der Waals surface area contributed by atoms with Gasteiger partial charge in [-0.15, -0.1) is 0 Å². The smallest absolute Gasteiger partial charge is 0.225 e. The van der Waals surface area contributed by atoms with E-state index in [1.54, 1.807) is 6.07 Å². The summed E-state index contributed by atoms with van der Waals surface area (Å²) in [6, 6.07) is 1.78. The van der Waals surface area contributed by atoms with Gasteiger partial charge in [-0.1, -0.05) is 0 Å². The van der Waals surface area contributed by atoms with Gasteiger partial charge in [0.05, 0.1) is 6.61 Å². The molecule has 0 bridgehead atoms. The molecule has 1 fully saturated rings. The van der Waals surface area contributed by atoms with Gasteiger partial charge in [0.15, 0.2) is 0 Å². The molecule has 0 aromatic carbocycles. The van der Waals surface area contributed by atoms with Crippen LogP contribution in [0.1, 0.15) is 19.8 Å². The van der Waals surface area contributed by atoms with Crippen LogP contribution < -0.4 is 15.8 Å². The number of hydrogen-bond donors (Lipinski definition) is 2. The van der Waals surface area contributed by atoms with E-state index >= 15 is 0 Å². The molecule has 3 N–H and O–H groups in total. The second-order valence-corrected chi connectivity index (χ2v) is 3.73. The van der Waals surface area contributed by atoms with Crippen LogP contribution in [0.4, 0.5) is 11.8 Å². The molecule has 1 aromatic rings. The van der Waals surface area contributed by atoms with E-state index in [4.69, 9.17) is 10.5 Å². The zero-order valence-electron chi connectivity index (χ0n) is 8.86. The Hall–Kier alpha value is -1.52. The van der Waals surface area contributed by atoms with E-state index in [2.05, 4.69) is 15.3 Å². The zero-order chi connectivity index (χ0) is 10.7.